The summed E-state index contributed by atoms with van der Waals surface area (Å²) in [7, 11) is 0. The molecule has 0 aromatic heterocycles. The first-order valence-corrected chi connectivity index (χ1v) is 10.9. The summed E-state index contributed by atoms with van der Waals surface area (Å²) in [5.41, 5.74) is 0. The van der Waals surface area contributed by atoms with Crippen LogP contribution in [0.2, 0.25) is 0 Å². The molecule has 0 bridgehead atoms. The monoisotopic (exact) mass is 366 g/mol. The second kappa shape index (κ2) is 10.0. The van der Waals surface area contributed by atoms with E-state index >= 15 is 0 Å². The fraction of sp³-hybridized carbons (Fsp3) is 0.826. The average molecular weight is 367 g/mol. The van der Waals surface area contributed by atoms with Crippen molar-refractivity contribution in [3.63, 3.8) is 0 Å². The lowest BCUT2D eigenvalue weighted by atomic mass is 9.65. The number of halogens is 2. The third-order valence-corrected chi connectivity index (χ3v) is 7.50. The van der Waals surface area contributed by atoms with Gasteiger partial charge in [-0.1, -0.05) is 6.08 Å². The molecule has 0 atom stereocenters. The molecule has 0 saturated heterocycles. The molecular formula is C23H36F2O. The Kier molecular flexibility index (Phi) is 7.72. The highest BCUT2D eigenvalue weighted by Gasteiger charge is 2.34. The summed E-state index contributed by atoms with van der Waals surface area (Å²) in [4.78, 5) is 0. The maximum atomic E-state index is 12.4. The Morgan fingerprint density at radius 2 is 1.15 bits per heavy atom. The zero-order valence-corrected chi connectivity index (χ0v) is 16.2. The Bertz CT molecular complexity index is 447. The first-order valence-electron chi connectivity index (χ1n) is 10.9. The normalized spacial score (nSPS) is 38.5. The van der Waals surface area contributed by atoms with Gasteiger partial charge in [0.1, 0.15) is 0 Å². The van der Waals surface area contributed by atoms with Crippen LogP contribution >= 0.6 is 0 Å². The summed E-state index contributed by atoms with van der Waals surface area (Å²) in [6.45, 7) is 4.43. The molecule has 148 valence electrons. The molecule has 0 unspecified atom stereocenters. The lowest BCUT2D eigenvalue weighted by Crippen LogP contribution is -2.31. The van der Waals surface area contributed by atoms with E-state index in [2.05, 4.69) is 6.58 Å². The molecule has 3 rings (SSSR count). The van der Waals surface area contributed by atoms with Gasteiger partial charge in [0.15, 0.2) is 0 Å². The molecule has 3 aliphatic carbocycles. The molecule has 0 N–H and O–H groups in total. The lowest BCUT2D eigenvalue weighted by Gasteiger charge is -2.41. The third-order valence-electron chi connectivity index (χ3n) is 7.50. The highest BCUT2D eigenvalue weighted by molar-refractivity contribution is 4.92. The molecule has 1 nitrogen and oxygen atoms in total. The van der Waals surface area contributed by atoms with E-state index in [1.54, 1.807) is 0 Å². The predicted molar refractivity (Wildman–Crippen MR) is 103 cm³/mol. The second-order valence-corrected chi connectivity index (χ2v) is 8.96. The molecule has 0 aliphatic heterocycles. The summed E-state index contributed by atoms with van der Waals surface area (Å²) in [5.74, 6) is 3.62. The highest BCUT2D eigenvalue weighted by atomic mass is 19.3. The molecule has 3 aliphatic rings. The first kappa shape index (κ1) is 20.0. The largest absolute Gasteiger partial charge is 0.374 e. The van der Waals surface area contributed by atoms with E-state index < -0.39 is 6.08 Å². The fourth-order valence-electron chi connectivity index (χ4n) is 5.98. The standard InChI is InChI=1S/C23H36F2O/c1-2-15-26-22-13-11-21(12-14-22)20-9-7-19(8-10-20)18-5-3-17(4-6-18)16-23(24)25/h2,16-22H,1,3-15H2. The van der Waals surface area contributed by atoms with Crippen LogP contribution in [0.1, 0.15) is 77.0 Å². The van der Waals surface area contributed by atoms with E-state index in [4.69, 9.17) is 4.74 Å². The van der Waals surface area contributed by atoms with Crippen molar-refractivity contribution in [1.29, 1.82) is 0 Å². The molecule has 0 aromatic carbocycles. The van der Waals surface area contributed by atoms with Crippen LogP contribution in [0, 0.1) is 29.6 Å². The van der Waals surface area contributed by atoms with Crippen LogP contribution in [0.5, 0.6) is 0 Å². The second-order valence-electron chi connectivity index (χ2n) is 8.96. The van der Waals surface area contributed by atoms with E-state index in [1.165, 1.54) is 57.4 Å². The average Bonchev–Trinajstić information content (AvgIpc) is 2.67. The van der Waals surface area contributed by atoms with Crippen molar-refractivity contribution in [2.24, 2.45) is 29.6 Å². The molecule has 0 aromatic rings. The van der Waals surface area contributed by atoms with Gasteiger partial charge in [0, 0.05) is 0 Å². The van der Waals surface area contributed by atoms with Crippen LogP contribution < -0.4 is 0 Å². The summed E-state index contributed by atoms with van der Waals surface area (Å²) in [5, 5.41) is 0. The minimum Gasteiger partial charge on any atom is -0.374 e. The van der Waals surface area contributed by atoms with E-state index in [-0.39, 0.29) is 5.92 Å². The maximum absolute atomic E-state index is 12.4. The van der Waals surface area contributed by atoms with Gasteiger partial charge in [-0.15, -0.1) is 6.58 Å². The lowest BCUT2D eigenvalue weighted by molar-refractivity contribution is 0.0190. The number of hydrogen-bond acceptors (Lipinski definition) is 1. The van der Waals surface area contributed by atoms with Crippen molar-refractivity contribution in [2.45, 2.75) is 83.2 Å². The predicted octanol–water partition coefficient (Wildman–Crippen LogP) is 7.14. The summed E-state index contributed by atoms with van der Waals surface area (Å²) in [6.07, 6.45) is 16.9. The van der Waals surface area contributed by atoms with Crippen molar-refractivity contribution < 1.29 is 13.5 Å². The van der Waals surface area contributed by atoms with Gasteiger partial charge in [-0.05, 0) is 113 Å². The van der Waals surface area contributed by atoms with Gasteiger partial charge in [-0.2, -0.15) is 8.78 Å². The Balaban J connectivity index is 1.36. The molecule has 3 saturated carbocycles. The van der Waals surface area contributed by atoms with Crippen molar-refractivity contribution in [3.05, 3.63) is 24.8 Å². The fourth-order valence-corrected chi connectivity index (χ4v) is 5.98. The minimum absolute atomic E-state index is 0.131. The van der Waals surface area contributed by atoms with E-state index in [0.29, 0.717) is 12.7 Å². The van der Waals surface area contributed by atoms with E-state index in [1.807, 2.05) is 6.08 Å². The van der Waals surface area contributed by atoms with E-state index in [9.17, 15) is 8.78 Å². The topological polar surface area (TPSA) is 9.23 Å². The van der Waals surface area contributed by atoms with Gasteiger partial charge >= 0.3 is 0 Å². The third kappa shape index (κ3) is 5.65. The van der Waals surface area contributed by atoms with Crippen LogP contribution in [0.25, 0.3) is 0 Å². The summed E-state index contributed by atoms with van der Waals surface area (Å²) < 4.78 is 30.7. The smallest absolute Gasteiger partial charge is 0.266 e. The van der Waals surface area contributed by atoms with Crippen LogP contribution in [0.4, 0.5) is 8.78 Å². The van der Waals surface area contributed by atoms with Crippen molar-refractivity contribution in [2.75, 3.05) is 6.61 Å². The Morgan fingerprint density at radius 3 is 1.58 bits per heavy atom. The quantitative estimate of drug-likeness (QED) is 0.454. The van der Waals surface area contributed by atoms with Gasteiger partial charge in [0.25, 0.3) is 6.08 Å². The number of rotatable bonds is 6. The van der Waals surface area contributed by atoms with Gasteiger partial charge in [0.2, 0.25) is 0 Å². The zero-order chi connectivity index (χ0) is 18.4. The molecule has 3 heteroatoms. The first-order chi connectivity index (χ1) is 12.7. The molecular weight excluding hydrogens is 330 g/mol. The highest BCUT2D eigenvalue weighted by Crippen LogP contribution is 2.45. The van der Waals surface area contributed by atoms with Gasteiger partial charge in [-0.25, -0.2) is 0 Å². The molecule has 0 amide bonds. The minimum atomic E-state index is -1.49. The summed E-state index contributed by atoms with van der Waals surface area (Å²) in [6, 6.07) is 0. The van der Waals surface area contributed by atoms with Crippen LogP contribution in [0.3, 0.4) is 0 Å². The molecule has 0 spiro atoms. The molecule has 26 heavy (non-hydrogen) atoms. The number of allylic oxidation sites excluding steroid dienone is 1. The maximum Gasteiger partial charge on any atom is 0.266 e. The van der Waals surface area contributed by atoms with Crippen molar-refractivity contribution in [3.8, 4) is 0 Å². The number of hydrogen-bond donors (Lipinski definition) is 0. The van der Waals surface area contributed by atoms with Crippen molar-refractivity contribution in [1.82, 2.24) is 0 Å². The van der Waals surface area contributed by atoms with E-state index in [0.717, 1.165) is 49.4 Å². The van der Waals surface area contributed by atoms with Crippen LogP contribution in [-0.2, 0) is 4.74 Å². The van der Waals surface area contributed by atoms with Gasteiger partial charge < -0.3 is 4.74 Å². The van der Waals surface area contributed by atoms with Crippen LogP contribution in [0.15, 0.2) is 24.8 Å². The SMILES string of the molecule is C=CCOC1CCC(C2CCC(C3CCC(C=C(F)F)CC3)CC2)CC1. The van der Waals surface area contributed by atoms with Gasteiger partial charge in [0.05, 0.1) is 12.7 Å². The van der Waals surface area contributed by atoms with Crippen LogP contribution in [-0.4, -0.2) is 12.7 Å². The van der Waals surface area contributed by atoms with Gasteiger partial charge in [-0.3, -0.25) is 0 Å². The molecule has 3 fully saturated rings. The molecule has 0 radical (unpaired) electrons. The number of ether oxygens (including phenoxy) is 1. The molecule has 0 heterocycles. The van der Waals surface area contributed by atoms with Crippen molar-refractivity contribution >= 4 is 0 Å². The Morgan fingerprint density at radius 1 is 0.731 bits per heavy atom. The Hall–Kier alpha value is -0.700. The summed E-state index contributed by atoms with van der Waals surface area (Å²) >= 11 is 0. The zero-order valence-electron chi connectivity index (χ0n) is 16.2. The Labute approximate surface area is 158 Å².